The largest absolute Gasteiger partial charge is 0.497 e. The molecule has 0 spiro atoms. The lowest BCUT2D eigenvalue weighted by molar-refractivity contribution is 0.336. The van der Waals surface area contributed by atoms with Crippen molar-refractivity contribution in [3.63, 3.8) is 0 Å². The Morgan fingerprint density at radius 1 is 0.852 bits per heavy atom. The molecule has 0 aliphatic carbocycles. The number of hydrogen-bond acceptors (Lipinski definition) is 5. The molecule has 1 aromatic heterocycles. The summed E-state index contributed by atoms with van der Waals surface area (Å²) in [6.45, 7) is 2.40. The highest BCUT2D eigenvalue weighted by molar-refractivity contribution is 6.67. The average Bonchev–Trinajstić information content (AvgIpc) is 2.58. The zero-order valence-electron chi connectivity index (χ0n) is 14.0. The Hall–Kier alpha value is -0.690. The first-order valence-corrected chi connectivity index (χ1v) is 9.70. The van der Waals surface area contributed by atoms with Crippen LogP contribution in [0.15, 0.2) is 18.2 Å². The lowest BCUT2D eigenvalue weighted by atomic mass is 10.2. The average molecular weight is 492 g/mol. The van der Waals surface area contributed by atoms with Gasteiger partial charge < -0.3 is 9.47 Å². The molecule has 0 atom stereocenters. The second-order valence-corrected chi connectivity index (χ2v) is 9.61. The van der Waals surface area contributed by atoms with Crippen molar-refractivity contribution in [1.82, 2.24) is 15.0 Å². The molecule has 0 bridgehead atoms. The third-order valence-corrected chi connectivity index (χ3v) is 4.05. The second kappa shape index (κ2) is 9.21. The van der Waals surface area contributed by atoms with E-state index < -0.39 is 7.59 Å². The molecule has 146 valence electrons. The fourth-order valence-corrected chi connectivity index (χ4v) is 2.46. The zero-order valence-corrected chi connectivity index (χ0v) is 18.6. The van der Waals surface area contributed by atoms with Crippen LogP contribution in [0.2, 0.25) is 0 Å². The van der Waals surface area contributed by atoms with Gasteiger partial charge in [-0.05, 0) is 30.7 Å². The first-order valence-electron chi connectivity index (χ1n) is 7.43. The molecule has 27 heavy (non-hydrogen) atoms. The number of aromatic nitrogens is 3. The summed E-state index contributed by atoms with van der Waals surface area (Å²) in [6, 6.07) is 5.38. The van der Waals surface area contributed by atoms with Gasteiger partial charge in [0, 0.05) is 6.07 Å². The first-order chi connectivity index (χ1) is 12.5. The van der Waals surface area contributed by atoms with Crippen LogP contribution in [0.5, 0.6) is 11.5 Å². The van der Waals surface area contributed by atoms with Gasteiger partial charge in [-0.3, -0.25) is 0 Å². The van der Waals surface area contributed by atoms with Gasteiger partial charge in [-0.25, -0.2) is 15.0 Å². The Morgan fingerprint density at radius 3 is 1.89 bits per heavy atom. The number of benzene rings is 1. The molecule has 0 radical (unpaired) electrons. The topological polar surface area (TPSA) is 57.1 Å². The molecule has 0 fully saturated rings. The van der Waals surface area contributed by atoms with Crippen LogP contribution in [0.4, 0.5) is 0 Å². The lowest BCUT2D eigenvalue weighted by Crippen LogP contribution is -2.16. The van der Waals surface area contributed by atoms with Crippen LogP contribution in [-0.2, 0) is 7.59 Å². The summed E-state index contributed by atoms with van der Waals surface area (Å²) in [4.78, 5) is 12.1. The molecular weight excluding hydrogens is 479 g/mol. The fourth-order valence-electron chi connectivity index (χ4n) is 1.95. The third-order valence-electron chi connectivity index (χ3n) is 3.03. The maximum Gasteiger partial charge on any atom is 0.250 e. The van der Waals surface area contributed by atoms with E-state index >= 15 is 0 Å². The van der Waals surface area contributed by atoms with Crippen molar-refractivity contribution in [3.8, 4) is 11.5 Å². The Balaban J connectivity index is 2.45. The fraction of sp³-hybridized carbons (Fsp3) is 0.312. The molecule has 2 rings (SSSR count). The number of nitrogens with zero attached hydrogens (tertiary/aromatic N) is 3. The number of ether oxygens (including phenoxy) is 2. The number of rotatable bonds is 5. The smallest absolute Gasteiger partial charge is 0.250 e. The predicted octanol–water partition coefficient (Wildman–Crippen LogP) is 6.10. The third kappa shape index (κ3) is 6.70. The van der Waals surface area contributed by atoms with Crippen LogP contribution in [0.1, 0.15) is 30.0 Å². The number of halogens is 6. The molecular formula is C16H13Cl6N3O2. The van der Waals surface area contributed by atoms with Gasteiger partial charge in [0.2, 0.25) is 7.59 Å². The molecule has 1 aromatic carbocycles. The molecule has 1 heterocycles. The van der Waals surface area contributed by atoms with Gasteiger partial charge in [-0.15, -0.1) is 0 Å². The highest BCUT2D eigenvalue weighted by atomic mass is 35.6. The van der Waals surface area contributed by atoms with Gasteiger partial charge in [-0.2, -0.15) is 0 Å². The number of alkyl halides is 6. The maximum atomic E-state index is 5.86. The van der Waals surface area contributed by atoms with Crippen molar-refractivity contribution < 1.29 is 9.47 Å². The minimum Gasteiger partial charge on any atom is -0.497 e. The number of methoxy groups -OCH3 is 1. The summed E-state index contributed by atoms with van der Waals surface area (Å²) in [5, 5.41) is 0. The van der Waals surface area contributed by atoms with Crippen LogP contribution in [-0.4, -0.2) is 28.7 Å². The van der Waals surface area contributed by atoms with Gasteiger partial charge >= 0.3 is 0 Å². The highest BCUT2D eigenvalue weighted by Gasteiger charge is 2.33. The molecule has 2 aromatic rings. The van der Waals surface area contributed by atoms with Gasteiger partial charge in [-0.1, -0.05) is 75.7 Å². The molecule has 0 aliphatic heterocycles. The molecule has 0 amide bonds. The molecule has 11 heteroatoms. The van der Waals surface area contributed by atoms with Crippen molar-refractivity contribution in [3.05, 3.63) is 41.2 Å². The minimum absolute atomic E-state index is 0.147. The molecule has 0 saturated heterocycles. The normalized spacial score (nSPS) is 12.4. The summed E-state index contributed by atoms with van der Waals surface area (Å²) in [5.74, 6) is 1.10. The van der Waals surface area contributed by atoms with Crippen molar-refractivity contribution in [2.45, 2.75) is 14.5 Å². The minimum atomic E-state index is -1.91. The van der Waals surface area contributed by atoms with E-state index in [2.05, 4.69) is 15.0 Å². The molecule has 0 unspecified atom stereocenters. The lowest BCUT2D eigenvalue weighted by Gasteiger charge is -2.14. The van der Waals surface area contributed by atoms with Gasteiger partial charge in [0.1, 0.15) is 11.5 Å². The van der Waals surface area contributed by atoms with E-state index in [1.54, 1.807) is 31.4 Å². The van der Waals surface area contributed by atoms with E-state index in [-0.39, 0.29) is 17.5 Å². The number of hydrogen-bond donors (Lipinski definition) is 0. The van der Waals surface area contributed by atoms with Crippen LogP contribution in [0.3, 0.4) is 0 Å². The summed E-state index contributed by atoms with van der Waals surface area (Å²) in [6.07, 6.45) is 3.27. The summed E-state index contributed by atoms with van der Waals surface area (Å²) >= 11 is 35.1. The Kier molecular flexibility index (Phi) is 7.70. The van der Waals surface area contributed by atoms with Crippen molar-refractivity contribution in [2.75, 3.05) is 13.7 Å². The molecule has 0 aliphatic rings. The second-order valence-electron chi connectivity index (χ2n) is 5.04. The van der Waals surface area contributed by atoms with Crippen LogP contribution >= 0.6 is 69.6 Å². The van der Waals surface area contributed by atoms with Crippen LogP contribution in [0.25, 0.3) is 12.2 Å². The Bertz CT molecular complexity index is 802. The van der Waals surface area contributed by atoms with Gasteiger partial charge in [0.25, 0.3) is 0 Å². The zero-order chi connectivity index (χ0) is 20.2. The van der Waals surface area contributed by atoms with E-state index in [0.717, 1.165) is 5.56 Å². The van der Waals surface area contributed by atoms with Crippen LogP contribution in [0, 0.1) is 0 Å². The van der Waals surface area contributed by atoms with Crippen LogP contribution < -0.4 is 9.47 Å². The highest BCUT2D eigenvalue weighted by Crippen LogP contribution is 2.40. The quantitative estimate of drug-likeness (QED) is 0.473. The van der Waals surface area contributed by atoms with Crippen molar-refractivity contribution >= 4 is 81.8 Å². The van der Waals surface area contributed by atoms with Crippen molar-refractivity contribution in [2.24, 2.45) is 0 Å². The molecule has 0 saturated carbocycles. The van der Waals surface area contributed by atoms with E-state index in [1.165, 1.54) is 0 Å². The summed E-state index contributed by atoms with van der Waals surface area (Å²) in [7, 11) is 1.56. The van der Waals surface area contributed by atoms with E-state index in [1.807, 2.05) is 13.0 Å². The SMILES string of the molecule is CCOc1cc(/C=C/c2nc(C(Cl)(Cl)Cl)nc(C(Cl)(Cl)Cl)n2)cc(OC)c1. The van der Waals surface area contributed by atoms with Gasteiger partial charge in [0.05, 0.1) is 13.7 Å². The van der Waals surface area contributed by atoms with E-state index in [0.29, 0.717) is 18.1 Å². The van der Waals surface area contributed by atoms with E-state index in [9.17, 15) is 0 Å². The molecule has 0 N–H and O–H groups in total. The first kappa shape index (κ1) is 22.6. The monoisotopic (exact) mass is 489 g/mol. The predicted molar refractivity (Wildman–Crippen MR) is 111 cm³/mol. The van der Waals surface area contributed by atoms with E-state index in [4.69, 9.17) is 79.1 Å². The standard InChI is InChI=1S/C16H13Cl6N3O2/c1-3-27-11-7-9(6-10(8-11)26-2)4-5-12-23-13(15(17,18)19)25-14(24-12)16(20,21)22/h4-8H,3H2,1-2H3/b5-4+. The Labute approximate surface area is 186 Å². The molecule has 5 nitrogen and oxygen atoms in total. The Morgan fingerprint density at radius 2 is 1.41 bits per heavy atom. The summed E-state index contributed by atoms with van der Waals surface area (Å²) < 4.78 is 6.95. The van der Waals surface area contributed by atoms with Gasteiger partial charge in [0.15, 0.2) is 17.5 Å². The maximum absolute atomic E-state index is 5.86. The van der Waals surface area contributed by atoms with Crippen molar-refractivity contribution in [1.29, 1.82) is 0 Å². The summed E-state index contributed by atoms with van der Waals surface area (Å²) in [5.41, 5.74) is 0.768.